The molecule has 35 heavy (non-hydrogen) atoms. The van der Waals surface area contributed by atoms with E-state index >= 15 is 0 Å². The number of carbonyl (C=O) groups excluding carboxylic acids is 2. The number of methoxy groups -OCH3 is 4. The van der Waals surface area contributed by atoms with E-state index in [4.69, 9.17) is 43.4 Å². The van der Waals surface area contributed by atoms with Crippen molar-refractivity contribution >= 4 is 46.0 Å². The molecule has 0 N–H and O–H groups in total. The lowest BCUT2D eigenvalue weighted by Gasteiger charge is -2.23. The predicted molar refractivity (Wildman–Crippen MR) is 142 cm³/mol. The SMILES string of the molecule is COc1cccc(C(=S)N(C)CC(=O)CC(=O)CN(C)C(=S)c2cccc(OC)c2OC)c1OC. The van der Waals surface area contributed by atoms with E-state index in [9.17, 15) is 9.59 Å². The Morgan fingerprint density at radius 2 is 1.06 bits per heavy atom. The lowest BCUT2D eigenvalue weighted by Crippen LogP contribution is -2.35. The molecule has 0 heterocycles. The number of hydrogen-bond acceptors (Lipinski definition) is 8. The molecule has 0 aromatic heterocycles. The normalized spacial score (nSPS) is 10.2. The van der Waals surface area contributed by atoms with E-state index in [0.717, 1.165) is 0 Å². The molecule has 0 saturated heterocycles. The Labute approximate surface area is 216 Å². The fourth-order valence-electron chi connectivity index (χ4n) is 3.53. The number of ketones is 2. The first-order chi connectivity index (χ1) is 16.7. The molecule has 188 valence electrons. The van der Waals surface area contributed by atoms with Gasteiger partial charge in [-0.1, -0.05) is 36.6 Å². The zero-order chi connectivity index (χ0) is 26.1. The molecule has 0 radical (unpaired) electrons. The third-order valence-electron chi connectivity index (χ3n) is 5.18. The summed E-state index contributed by atoms with van der Waals surface area (Å²) in [6.45, 7) is -0.0500. The number of para-hydroxylation sites is 2. The number of hydrogen-bond donors (Lipinski definition) is 0. The van der Waals surface area contributed by atoms with Gasteiger partial charge in [-0.3, -0.25) is 9.59 Å². The van der Waals surface area contributed by atoms with Crippen molar-refractivity contribution in [2.45, 2.75) is 6.42 Å². The fraction of sp³-hybridized carbons (Fsp3) is 0.360. The van der Waals surface area contributed by atoms with Crippen molar-refractivity contribution in [3.8, 4) is 23.0 Å². The van der Waals surface area contributed by atoms with Crippen LogP contribution in [0, 0.1) is 0 Å². The Balaban J connectivity index is 2.00. The molecule has 0 fully saturated rings. The molecule has 0 aliphatic heterocycles. The minimum atomic E-state index is -0.264. The average Bonchev–Trinajstić information content (AvgIpc) is 2.85. The van der Waals surface area contributed by atoms with Crippen LogP contribution in [-0.4, -0.2) is 87.0 Å². The van der Waals surface area contributed by atoms with E-state index in [1.165, 1.54) is 28.4 Å². The lowest BCUT2D eigenvalue weighted by molar-refractivity contribution is -0.127. The Morgan fingerprint density at radius 3 is 1.37 bits per heavy atom. The molecular weight excluding hydrogens is 488 g/mol. The fourth-order valence-corrected chi connectivity index (χ4v) is 3.98. The zero-order valence-corrected chi connectivity index (χ0v) is 22.4. The number of nitrogens with zero attached hydrogens (tertiary/aromatic N) is 2. The van der Waals surface area contributed by atoms with Gasteiger partial charge in [0, 0.05) is 14.1 Å². The molecule has 0 bridgehead atoms. The first-order valence-corrected chi connectivity index (χ1v) is 11.5. The summed E-state index contributed by atoms with van der Waals surface area (Å²) in [6.07, 6.45) is -0.246. The largest absolute Gasteiger partial charge is 0.493 e. The Hall–Kier alpha value is -3.24. The number of likely N-dealkylation sites (N-methyl/N-ethyl adjacent to an activating group) is 2. The van der Waals surface area contributed by atoms with Crippen LogP contribution in [0.1, 0.15) is 17.5 Å². The number of benzene rings is 2. The summed E-state index contributed by atoms with van der Waals surface area (Å²) in [5.41, 5.74) is 1.25. The van der Waals surface area contributed by atoms with Crippen molar-refractivity contribution in [3.63, 3.8) is 0 Å². The zero-order valence-electron chi connectivity index (χ0n) is 20.7. The molecule has 0 unspecified atom stereocenters. The van der Waals surface area contributed by atoms with E-state index in [1.54, 1.807) is 60.3 Å². The van der Waals surface area contributed by atoms with Crippen molar-refractivity contribution in [1.29, 1.82) is 0 Å². The summed E-state index contributed by atoms with van der Waals surface area (Å²) in [5, 5.41) is 0. The molecule has 0 aliphatic rings. The highest BCUT2D eigenvalue weighted by Gasteiger charge is 2.21. The van der Waals surface area contributed by atoms with Gasteiger partial charge in [-0.05, 0) is 24.3 Å². The molecule has 10 heteroatoms. The maximum absolute atomic E-state index is 12.6. The van der Waals surface area contributed by atoms with Crippen LogP contribution < -0.4 is 18.9 Å². The lowest BCUT2D eigenvalue weighted by atomic mass is 10.1. The summed E-state index contributed by atoms with van der Waals surface area (Å²) in [6, 6.07) is 10.7. The molecule has 2 aromatic rings. The van der Waals surface area contributed by atoms with Crippen LogP contribution in [0.25, 0.3) is 0 Å². The van der Waals surface area contributed by atoms with Gasteiger partial charge < -0.3 is 28.7 Å². The Kier molecular flexibility index (Phi) is 10.4. The Morgan fingerprint density at radius 1 is 0.686 bits per heavy atom. The third kappa shape index (κ3) is 6.89. The Bertz CT molecular complexity index is 1020. The number of carbonyl (C=O) groups is 2. The van der Waals surface area contributed by atoms with Crippen molar-refractivity contribution in [2.24, 2.45) is 0 Å². The van der Waals surface area contributed by atoms with Crippen molar-refractivity contribution in [3.05, 3.63) is 47.5 Å². The highest BCUT2D eigenvalue weighted by molar-refractivity contribution is 7.81. The van der Waals surface area contributed by atoms with Gasteiger partial charge >= 0.3 is 0 Å². The van der Waals surface area contributed by atoms with E-state index in [0.29, 0.717) is 44.1 Å². The van der Waals surface area contributed by atoms with E-state index in [1.807, 2.05) is 0 Å². The molecular formula is C25H30N2O6S2. The number of ether oxygens (including phenoxy) is 4. The summed E-state index contributed by atoms with van der Waals surface area (Å²) >= 11 is 11.1. The van der Waals surface area contributed by atoms with Crippen LogP contribution in [0.4, 0.5) is 0 Å². The van der Waals surface area contributed by atoms with E-state index < -0.39 is 0 Å². The molecule has 0 saturated carbocycles. The molecule has 0 amide bonds. The van der Waals surface area contributed by atoms with Crippen LogP contribution in [0.5, 0.6) is 23.0 Å². The summed E-state index contributed by atoms with van der Waals surface area (Å²) in [7, 11) is 9.51. The molecule has 8 nitrogen and oxygen atoms in total. The number of thiocarbonyl (C=S) groups is 2. The van der Waals surface area contributed by atoms with Crippen molar-refractivity contribution < 1.29 is 28.5 Å². The number of Topliss-reactive ketones (excluding diaryl/α,β-unsaturated/α-hetero) is 2. The maximum atomic E-state index is 12.6. The van der Waals surface area contributed by atoms with Gasteiger partial charge in [-0.25, -0.2) is 0 Å². The standard InChI is InChI=1S/C25H30N2O6S2/c1-26(24(34)18-9-7-11-20(30-3)22(18)32-5)14-16(28)13-17(29)15-27(2)25(35)19-10-8-12-21(31-4)23(19)33-6/h7-12H,13-15H2,1-6H3. The van der Waals surface area contributed by atoms with Gasteiger partial charge in [0.2, 0.25) is 0 Å². The van der Waals surface area contributed by atoms with Crippen LogP contribution in [0.3, 0.4) is 0 Å². The van der Waals surface area contributed by atoms with Crippen molar-refractivity contribution in [1.82, 2.24) is 9.80 Å². The third-order valence-corrected chi connectivity index (χ3v) is 6.24. The smallest absolute Gasteiger partial charge is 0.170 e. The minimum absolute atomic E-state index is 0.0250. The predicted octanol–water partition coefficient (Wildman–Crippen LogP) is 3.16. The van der Waals surface area contributed by atoms with Crippen LogP contribution in [0.2, 0.25) is 0 Å². The number of rotatable bonds is 12. The average molecular weight is 519 g/mol. The van der Waals surface area contributed by atoms with Gasteiger partial charge in [-0.15, -0.1) is 0 Å². The summed E-state index contributed by atoms with van der Waals surface area (Å²) in [4.78, 5) is 29.3. The highest BCUT2D eigenvalue weighted by atomic mass is 32.1. The van der Waals surface area contributed by atoms with Crippen molar-refractivity contribution in [2.75, 3.05) is 55.6 Å². The maximum Gasteiger partial charge on any atom is 0.170 e. The topological polar surface area (TPSA) is 77.5 Å². The molecule has 0 spiro atoms. The highest BCUT2D eigenvalue weighted by Crippen LogP contribution is 2.32. The molecule has 2 rings (SSSR count). The van der Waals surface area contributed by atoms with Crippen LogP contribution >= 0.6 is 24.4 Å². The first-order valence-electron chi connectivity index (χ1n) is 10.6. The molecule has 2 aromatic carbocycles. The van der Waals surface area contributed by atoms with Gasteiger partial charge in [0.25, 0.3) is 0 Å². The second-order valence-electron chi connectivity index (χ2n) is 7.66. The summed E-state index contributed by atoms with van der Waals surface area (Å²) in [5.74, 6) is 1.51. The monoisotopic (exact) mass is 518 g/mol. The minimum Gasteiger partial charge on any atom is -0.493 e. The second-order valence-corrected chi connectivity index (χ2v) is 8.43. The van der Waals surface area contributed by atoms with E-state index in [-0.39, 0.29) is 31.1 Å². The quantitative estimate of drug-likeness (QED) is 0.309. The van der Waals surface area contributed by atoms with Gasteiger partial charge in [0.15, 0.2) is 34.6 Å². The molecule has 0 aliphatic carbocycles. The van der Waals surface area contributed by atoms with Gasteiger partial charge in [-0.2, -0.15) is 0 Å². The van der Waals surface area contributed by atoms with Gasteiger partial charge in [0.1, 0.15) is 9.98 Å². The van der Waals surface area contributed by atoms with E-state index in [2.05, 4.69) is 0 Å². The first kappa shape index (κ1) is 28.0. The second kappa shape index (κ2) is 13.0. The van der Waals surface area contributed by atoms with Crippen LogP contribution in [0.15, 0.2) is 36.4 Å². The van der Waals surface area contributed by atoms with Gasteiger partial charge in [0.05, 0.1) is 59.1 Å². The molecule has 0 atom stereocenters. The summed E-state index contributed by atoms with van der Waals surface area (Å²) < 4.78 is 21.5. The van der Waals surface area contributed by atoms with Crippen LogP contribution in [-0.2, 0) is 9.59 Å².